The second-order valence-corrected chi connectivity index (χ2v) is 13.2. The molecule has 0 spiro atoms. The Kier molecular flexibility index (Phi) is 5.54. The summed E-state index contributed by atoms with van der Waals surface area (Å²) in [5, 5.41) is 0. The first kappa shape index (κ1) is 17.6. The highest BCUT2D eigenvalue weighted by molar-refractivity contribution is 9.15. The summed E-state index contributed by atoms with van der Waals surface area (Å²) in [5.74, 6) is 0. The number of hydrogen-bond donors (Lipinski definition) is 0. The van der Waals surface area contributed by atoms with Crippen LogP contribution in [0.25, 0.3) is 0 Å². The van der Waals surface area contributed by atoms with Crippen molar-refractivity contribution in [1.82, 2.24) is 0 Å². The number of hydrogen-bond acceptors (Lipinski definition) is 4. The third-order valence-electron chi connectivity index (χ3n) is 0.646. The molecule has 0 aliphatic rings. The summed E-state index contributed by atoms with van der Waals surface area (Å²) in [6, 6.07) is 0. The first-order chi connectivity index (χ1) is 7.12. The normalized spacial score (nSPS) is 15.1. The largest absolute Gasteiger partial charge is 0.450 e. The van der Waals surface area contributed by atoms with Crippen LogP contribution in [0.1, 0.15) is 0 Å². The molecule has 0 amide bonds. The van der Waals surface area contributed by atoms with Gasteiger partial charge in [0.25, 0.3) is 4.75 Å². The van der Waals surface area contributed by atoms with Crippen LogP contribution in [0.15, 0.2) is 0 Å². The second kappa shape index (κ2) is 5.33. The van der Waals surface area contributed by atoms with Crippen LogP contribution in [0.2, 0.25) is 0 Å². The zero-order valence-corrected chi connectivity index (χ0v) is 10.3. The summed E-state index contributed by atoms with van der Waals surface area (Å²) in [7, 11) is 0. The van der Waals surface area contributed by atoms with Crippen LogP contribution < -0.4 is 0 Å². The lowest BCUT2D eigenvalue weighted by molar-refractivity contribution is -0.0313. The average molecular weight is 350 g/mol. The maximum absolute atomic E-state index is 11.7. The molecule has 0 unspecified atom stereocenters. The standard InChI is InChI=1S/C3F9OPS3/c4-1(5,6)15-14(13,16-2(7,8)9)17-3(10,11)12. The van der Waals surface area contributed by atoms with Crippen molar-refractivity contribution in [3.05, 3.63) is 0 Å². The van der Waals surface area contributed by atoms with Gasteiger partial charge in [0.15, 0.2) is 0 Å². The molecular formula is C3F9OPS3. The van der Waals surface area contributed by atoms with Gasteiger partial charge in [-0.15, -0.1) is 0 Å². The van der Waals surface area contributed by atoms with E-state index in [1.807, 2.05) is 0 Å². The highest BCUT2D eigenvalue weighted by Crippen LogP contribution is 2.86. The Morgan fingerprint density at radius 1 is 0.588 bits per heavy atom. The van der Waals surface area contributed by atoms with Gasteiger partial charge in [-0.3, -0.25) is 4.57 Å². The van der Waals surface area contributed by atoms with Crippen molar-refractivity contribution in [3.8, 4) is 0 Å². The summed E-state index contributed by atoms with van der Waals surface area (Å²) in [4.78, 5) is 0. The molecule has 17 heavy (non-hydrogen) atoms. The summed E-state index contributed by atoms with van der Waals surface area (Å²) >= 11 is -5.40. The number of halogens is 9. The lowest BCUT2D eigenvalue weighted by atomic mass is 11.6. The van der Waals surface area contributed by atoms with E-state index in [2.05, 4.69) is 0 Å². The maximum atomic E-state index is 11.7. The Morgan fingerprint density at radius 2 is 0.765 bits per heavy atom. The van der Waals surface area contributed by atoms with Gasteiger partial charge in [-0.25, -0.2) is 0 Å². The van der Waals surface area contributed by atoms with Crippen molar-refractivity contribution in [2.45, 2.75) is 16.5 Å². The predicted molar refractivity (Wildman–Crippen MR) is 48.5 cm³/mol. The van der Waals surface area contributed by atoms with E-state index in [0.29, 0.717) is 0 Å². The summed E-state index contributed by atoms with van der Waals surface area (Å²) in [6.07, 6.45) is 0. The molecule has 0 N–H and O–H groups in total. The van der Waals surface area contributed by atoms with E-state index < -0.39 is 55.4 Å². The van der Waals surface area contributed by atoms with Gasteiger partial charge >= 0.3 is 16.5 Å². The average Bonchev–Trinajstić information content (AvgIpc) is 1.65. The molecule has 0 atom stereocenters. The molecule has 0 aromatic rings. The zero-order valence-electron chi connectivity index (χ0n) is 6.98. The minimum atomic E-state index is -5.71. The Balaban J connectivity index is 5.03. The fourth-order valence-corrected chi connectivity index (χ4v) is 9.50. The summed E-state index contributed by atoms with van der Waals surface area (Å²) < 4.78 is 111. The third-order valence-corrected chi connectivity index (χ3v) is 9.84. The van der Waals surface area contributed by atoms with E-state index in [1.165, 1.54) is 0 Å². The predicted octanol–water partition coefficient (Wildman–Crippen LogP) is 5.85. The first-order valence-corrected chi connectivity index (χ1v) is 9.02. The van der Waals surface area contributed by atoms with Gasteiger partial charge in [-0.2, -0.15) is 39.5 Å². The van der Waals surface area contributed by atoms with Gasteiger partial charge in [-0.1, -0.05) is 0 Å². The zero-order chi connectivity index (χ0) is 14.1. The molecule has 0 rings (SSSR count). The van der Waals surface area contributed by atoms with Crippen LogP contribution in [0.3, 0.4) is 0 Å². The Hall–Kier alpha value is 0.650. The van der Waals surface area contributed by atoms with Gasteiger partial charge in [0.1, 0.15) is 0 Å². The Morgan fingerprint density at radius 3 is 0.882 bits per heavy atom. The Bertz CT molecular complexity index is 257. The van der Waals surface area contributed by atoms with Crippen molar-refractivity contribution in [2.24, 2.45) is 0 Å². The maximum Gasteiger partial charge on any atom is 0.450 e. The third kappa shape index (κ3) is 10.3. The van der Waals surface area contributed by atoms with Gasteiger partial charge in [0.05, 0.1) is 0 Å². The van der Waals surface area contributed by atoms with Gasteiger partial charge in [-0.05, 0) is 0 Å². The Labute approximate surface area is 99.9 Å². The number of rotatable bonds is 3. The molecule has 0 aliphatic carbocycles. The molecule has 0 fully saturated rings. The SMILES string of the molecule is O=P(SC(F)(F)F)(SC(F)(F)F)SC(F)(F)F. The highest BCUT2D eigenvalue weighted by Gasteiger charge is 2.53. The molecule has 0 aliphatic heterocycles. The molecule has 104 valence electrons. The highest BCUT2D eigenvalue weighted by atomic mass is 33.4. The van der Waals surface area contributed by atoms with E-state index in [1.54, 1.807) is 0 Å². The fraction of sp³-hybridized carbons (Fsp3) is 1.00. The number of alkyl halides is 9. The molecule has 1 nitrogen and oxygen atoms in total. The van der Waals surface area contributed by atoms with Crippen LogP contribution in [-0.2, 0) is 4.57 Å². The lowest BCUT2D eigenvalue weighted by Crippen LogP contribution is -2.05. The van der Waals surface area contributed by atoms with E-state index in [4.69, 9.17) is 0 Å². The molecule has 0 saturated heterocycles. The van der Waals surface area contributed by atoms with Crippen molar-refractivity contribution in [3.63, 3.8) is 0 Å². The van der Waals surface area contributed by atoms with Crippen LogP contribution in [0, 0.1) is 0 Å². The van der Waals surface area contributed by atoms with E-state index in [0.717, 1.165) is 0 Å². The topological polar surface area (TPSA) is 17.1 Å². The van der Waals surface area contributed by atoms with Gasteiger partial charge in [0.2, 0.25) is 0 Å². The van der Waals surface area contributed by atoms with Crippen molar-refractivity contribution in [2.75, 3.05) is 0 Å². The van der Waals surface area contributed by atoms with E-state index in [9.17, 15) is 44.1 Å². The fourth-order valence-electron chi connectivity index (χ4n) is 0.436. The van der Waals surface area contributed by atoms with Crippen molar-refractivity contribution < 1.29 is 44.1 Å². The van der Waals surface area contributed by atoms with E-state index in [-0.39, 0.29) is 0 Å². The van der Waals surface area contributed by atoms with Gasteiger partial charge < -0.3 is 0 Å². The lowest BCUT2D eigenvalue weighted by Gasteiger charge is -2.19. The van der Waals surface area contributed by atoms with Crippen molar-refractivity contribution >= 4 is 38.9 Å². The molecule has 0 aromatic heterocycles. The molecule has 0 saturated carbocycles. The monoisotopic (exact) mass is 350 g/mol. The van der Waals surface area contributed by atoms with Crippen LogP contribution in [0.4, 0.5) is 39.5 Å². The minimum absolute atomic E-state index is 1.80. The van der Waals surface area contributed by atoms with Crippen molar-refractivity contribution in [1.29, 1.82) is 0 Å². The molecule has 0 radical (unpaired) electrons. The molecule has 14 heteroatoms. The molecule has 0 aromatic carbocycles. The van der Waals surface area contributed by atoms with Crippen LogP contribution in [0.5, 0.6) is 0 Å². The second-order valence-electron chi connectivity index (χ2n) is 2.06. The molecule has 0 bridgehead atoms. The molecule has 0 heterocycles. The summed E-state index contributed by atoms with van der Waals surface area (Å²) in [6.45, 7) is 0. The first-order valence-electron chi connectivity index (χ1n) is 3.04. The smallest absolute Gasteiger partial charge is 0.288 e. The quantitative estimate of drug-likeness (QED) is 0.469. The van der Waals surface area contributed by atoms with Gasteiger partial charge in [0, 0.05) is 34.1 Å². The van der Waals surface area contributed by atoms with Crippen LogP contribution >= 0.6 is 38.9 Å². The molecular weight excluding hydrogens is 350 g/mol. The minimum Gasteiger partial charge on any atom is -0.288 e. The summed E-state index contributed by atoms with van der Waals surface area (Å²) in [5.41, 5.74) is -16.4. The van der Waals surface area contributed by atoms with Crippen LogP contribution in [-0.4, -0.2) is 16.5 Å². The van der Waals surface area contributed by atoms with E-state index >= 15 is 0 Å².